The molecule has 1 N–H and O–H groups in total. The number of aliphatic carboxylic acids is 1. The zero-order chi connectivity index (χ0) is 13.3. The van der Waals surface area contributed by atoms with Crippen molar-refractivity contribution in [1.29, 1.82) is 0 Å². The van der Waals surface area contributed by atoms with Crippen LogP contribution in [0.15, 0.2) is 11.4 Å². The van der Waals surface area contributed by atoms with Gasteiger partial charge in [0.25, 0.3) is 0 Å². The molecule has 0 bridgehead atoms. The van der Waals surface area contributed by atoms with Gasteiger partial charge in [0, 0.05) is 4.88 Å². The minimum Gasteiger partial charge on any atom is -0.481 e. The highest BCUT2D eigenvalue weighted by Gasteiger charge is 2.37. The quantitative estimate of drug-likeness (QED) is 0.885. The van der Waals surface area contributed by atoms with E-state index in [0.29, 0.717) is 11.8 Å². The van der Waals surface area contributed by atoms with E-state index < -0.39 is 5.97 Å². The van der Waals surface area contributed by atoms with Crippen molar-refractivity contribution in [1.82, 2.24) is 0 Å². The van der Waals surface area contributed by atoms with Gasteiger partial charge >= 0.3 is 5.97 Å². The Morgan fingerprint density at radius 1 is 1.44 bits per heavy atom. The average molecular weight is 266 g/mol. The first-order chi connectivity index (χ1) is 8.50. The van der Waals surface area contributed by atoms with Gasteiger partial charge in [0.05, 0.1) is 5.92 Å². The molecule has 0 spiro atoms. The maximum absolute atomic E-state index is 11.5. The monoisotopic (exact) mass is 266 g/mol. The Kier molecular flexibility index (Phi) is 4.10. The number of hydrogen-bond donors (Lipinski definition) is 1. The number of carboxylic acid groups (broad SMARTS) is 1. The van der Waals surface area contributed by atoms with Crippen LogP contribution < -0.4 is 0 Å². The number of aryl methyl sites for hydroxylation is 1. The number of hydrogen-bond acceptors (Lipinski definition) is 2. The first kappa shape index (κ1) is 13.6. The molecule has 0 radical (unpaired) electrons. The number of carbonyl (C=O) groups is 1. The lowest BCUT2D eigenvalue weighted by molar-refractivity contribution is -0.144. The molecule has 1 aliphatic carbocycles. The Hall–Kier alpha value is -0.830. The molecule has 0 aromatic carbocycles. The molecule has 3 atom stereocenters. The lowest BCUT2D eigenvalue weighted by atomic mass is 9.68. The fourth-order valence-corrected chi connectivity index (χ4v) is 4.00. The summed E-state index contributed by atoms with van der Waals surface area (Å²) >= 11 is 1.73. The first-order valence-corrected chi connectivity index (χ1v) is 7.65. The summed E-state index contributed by atoms with van der Waals surface area (Å²) < 4.78 is 0. The SMILES string of the molecule is Cc1sccc1C1CC(C(C)C)CCC1C(=O)O. The van der Waals surface area contributed by atoms with Gasteiger partial charge in [-0.2, -0.15) is 0 Å². The number of rotatable bonds is 3. The molecular weight excluding hydrogens is 244 g/mol. The molecule has 1 aromatic rings. The molecule has 1 aromatic heterocycles. The van der Waals surface area contributed by atoms with Crippen molar-refractivity contribution in [3.63, 3.8) is 0 Å². The Bertz CT molecular complexity index is 422. The Balaban J connectivity index is 2.25. The van der Waals surface area contributed by atoms with Gasteiger partial charge in [-0.3, -0.25) is 4.79 Å². The molecule has 3 heteroatoms. The van der Waals surface area contributed by atoms with Crippen molar-refractivity contribution in [3.8, 4) is 0 Å². The van der Waals surface area contributed by atoms with E-state index in [-0.39, 0.29) is 11.8 Å². The Morgan fingerprint density at radius 3 is 2.67 bits per heavy atom. The summed E-state index contributed by atoms with van der Waals surface area (Å²) in [6, 6.07) is 2.13. The van der Waals surface area contributed by atoms with Crippen LogP contribution in [0.5, 0.6) is 0 Å². The fourth-order valence-electron chi connectivity index (χ4n) is 3.23. The van der Waals surface area contributed by atoms with Gasteiger partial charge < -0.3 is 5.11 Å². The molecule has 3 unspecified atom stereocenters. The second-order valence-electron chi connectivity index (χ2n) is 5.80. The topological polar surface area (TPSA) is 37.3 Å². The third-order valence-electron chi connectivity index (χ3n) is 4.45. The van der Waals surface area contributed by atoms with E-state index >= 15 is 0 Å². The second-order valence-corrected chi connectivity index (χ2v) is 6.92. The highest BCUT2D eigenvalue weighted by Crippen LogP contribution is 2.44. The maximum atomic E-state index is 11.5. The van der Waals surface area contributed by atoms with Crippen LogP contribution in [0.4, 0.5) is 0 Å². The van der Waals surface area contributed by atoms with Crippen molar-refractivity contribution in [2.75, 3.05) is 0 Å². The van der Waals surface area contributed by atoms with E-state index in [1.165, 1.54) is 10.4 Å². The largest absolute Gasteiger partial charge is 0.481 e. The summed E-state index contributed by atoms with van der Waals surface area (Å²) in [5.74, 6) is 0.738. The molecule has 100 valence electrons. The van der Waals surface area contributed by atoms with Gasteiger partial charge in [-0.05, 0) is 60.9 Å². The van der Waals surface area contributed by atoms with Crippen LogP contribution in [0.2, 0.25) is 0 Å². The third kappa shape index (κ3) is 2.61. The van der Waals surface area contributed by atoms with Crippen LogP contribution in [0.3, 0.4) is 0 Å². The predicted molar refractivity (Wildman–Crippen MR) is 75.1 cm³/mol. The van der Waals surface area contributed by atoms with E-state index in [1.54, 1.807) is 11.3 Å². The molecule has 2 nitrogen and oxygen atoms in total. The Labute approximate surface area is 113 Å². The molecular formula is C15H22O2S. The maximum Gasteiger partial charge on any atom is 0.307 e. The summed E-state index contributed by atoms with van der Waals surface area (Å²) in [6.07, 6.45) is 2.93. The lowest BCUT2D eigenvalue weighted by Crippen LogP contribution is -2.31. The summed E-state index contributed by atoms with van der Waals surface area (Å²) in [6.45, 7) is 6.62. The van der Waals surface area contributed by atoms with Crippen LogP contribution >= 0.6 is 11.3 Å². The molecule has 1 aliphatic rings. The molecule has 1 heterocycles. The molecule has 18 heavy (non-hydrogen) atoms. The molecule has 0 amide bonds. The zero-order valence-electron chi connectivity index (χ0n) is 11.3. The molecule has 0 aliphatic heterocycles. The zero-order valence-corrected chi connectivity index (χ0v) is 12.2. The Morgan fingerprint density at radius 2 is 2.17 bits per heavy atom. The number of carboxylic acids is 1. The second kappa shape index (κ2) is 5.43. The van der Waals surface area contributed by atoms with Crippen molar-refractivity contribution >= 4 is 17.3 Å². The summed E-state index contributed by atoms with van der Waals surface area (Å²) in [7, 11) is 0. The van der Waals surface area contributed by atoms with E-state index in [2.05, 4.69) is 32.2 Å². The van der Waals surface area contributed by atoms with Crippen molar-refractivity contribution in [2.24, 2.45) is 17.8 Å². The lowest BCUT2D eigenvalue weighted by Gasteiger charge is -2.36. The minimum absolute atomic E-state index is 0.187. The summed E-state index contributed by atoms with van der Waals surface area (Å²) in [4.78, 5) is 12.7. The van der Waals surface area contributed by atoms with Gasteiger partial charge in [0.1, 0.15) is 0 Å². The van der Waals surface area contributed by atoms with Crippen molar-refractivity contribution in [2.45, 2.75) is 46.0 Å². The highest BCUT2D eigenvalue weighted by molar-refractivity contribution is 7.10. The summed E-state index contributed by atoms with van der Waals surface area (Å²) in [5.41, 5.74) is 1.28. The van der Waals surface area contributed by atoms with Crippen LogP contribution in [-0.4, -0.2) is 11.1 Å². The predicted octanol–water partition coefficient (Wildman–Crippen LogP) is 4.30. The smallest absolute Gasteiger partial charge is 0.307 e. The van der Waals surface area contributed by atoms with Crippen LogP contribution in [0.1, 0.15) is 49.5 Å². The molecule has 2 rings (SSSR count). The van der Waals surface area contributed by atoms with Gasteiger partial charge in [-0.15, -0.1) is 11.3 Å². The van der Waals surface area contributed by atoms with E-state index in [9.17, 15) is 9.90 Å². The van der Waals surface area contributed by atoms with E-state index in [1.807, 2.05) is 0 Å². The minimum atomic E-state index is -0.618. The fraction of sp³-hybridized carbons (Fsp3) is 0.667. The van der Waals surface area contributed by atoms with Crippen LogP contribution in [0.25, 0.3) is 0 Å². The van der Waals surface area contributed by atoms with E-state index in [4.69, 9.17) is 0 Å². The average Bonchev–Trinajstić information content (AvgIpc) is 2.74. The molecule has 1 fully saturated rings. The van der Waals surface area contributed by atoms with Crippen LogP contribution in [-0.2, 0) is 4.79 Å². The van der Waals surface area contributed by atoms with Gasteiger partial charge in [0.15, 0.2) is 0 Å². The van der Waals surface area contributed by atoms with Crippen molar-refractivity contribution < 1.29 is 9.90 Å². The molecule has 1 saturated carbocycles. The van der Waals surface area contributed by atoms with Gasteiger partial charge in [0.2, 0.25) is 0 Å². The highest BCUT2D eigenvalue weighted by atomic mass is 32.1. The number of thiophene rings is 1. The van der Waals surface area contributed by atoms with Gasteiger partial charge in [-0.1, -0.05) is 13.8 Å². The first-order valence-electron chi connectivity index (χ1n) is 6.77. The van der Waals surface area contributed by atoms with Crippen molar-refractivity contribution in [3.05, 3.63) is 21.9 Å². The van der Waals surface area contributed by atoms with Crippen LogP contribution in [0, 0.1) is 24.7 Å². The normalized spacial score (nSPS) is 28.6. The summed E-state index contributed by atoms with van der Waals surface area (Å²) in [5, 5.41) is 11.5. The third-order valence-corrected chi connectivity index (χ3v) is 5.31. The van der Waals surface area contributed by atoms with E-state index in [0.717, 1.165) is 19.3 Å². The standard InChI is InChI=1S/C15H22O2S/c1-9(2)11-4-5-13(15(16)17)14(8-11)12-6-7-18-10(12)3/h6-7,9,11,13-14H,4-5,8H2,1-3H3,(H,16,17). The van der Waals surface area contributed by atoms with Gasteiger partial charge in [-0.25, -0.2) is 0 Å². The molecule has 0 saturated heterocycles.